The summed E-state index contributed by atoms with van der Waals surface area (Å²) in [6, 6.07) is 0. The molecule has 0 aromatic carbocycles. The number of unbranched alkanes of at least 4 members (excludes halogenated alkanes) is 23. The summed E-state index contributed by atoms with van der Waals surface area (Å²) in [5, 5.41) is 20.7. The molecule has 0 aliphatic rings. The van der Waals surface area contributed by atoms with E-state index < -0.39 is 91.5 Å². The summed E-state index contributed by atoms with van der Waals surface area (Å²) >= 11 is 0. The summed E-state index contributed by atoms with van der Waals surface area (Å²) in [6.45, 7) is 2.36. The Morgan fingerprint density at radius 2 is 0.495 bits per heavy atom. The molecule has 0 rings (SSSR count). The first-order chi connectivity index (χ1) is 52.2. The van der Waals surface area contributed by atoms with Crippen LogP contribution in [-0.2, 0) is 55.8 Å². The number of rotatable bonds is 76. The van der Waals surface area contributed by atoms with Gasteiger partial charge in [0.05, 0.1) is 26.4 Å². The van der Waals surface area contributed by atoms with Crippen LogP contribution in [0.25, 0.3) is 0 Å². The van der Waals surface area contributed by atoms with E-state index in [-0.39, 0.29) is 19.3 Å². The smallest absolute Gasteiger partial charge is 0.463 e. The number of ether oxygens (including phenoxy) is 3. The molecule has 18 heteroatoms. The molecule has 0 saturated carbocycles. The quantitative estimate of drug-likeness (QED) is 0.0146. The van der Waals surface area contributed by atoms with E-state index in [1.54, 1.807) is 0 Å². The van der Waals surface area contributed by atoms with Crippen LogP contribution in [0.15, 0.2) is 182 Å². The van der Waals surface area contributed by atoms with Gasteiger partial charge in [0.15, 0.2) is 6.10 Å². The zero-order chi connectivity index (χ0) is 78.0. The second kappa shape index (κ2) is 80.2. The molecule has 0 radical (unpaired) electrons. The zero-order valence-corrected chi connectivity index (χ0v) is 68.3. The van der Waals surface area contributed by atoms with Crippen molar-refractivity contribution >= 4 is 33.6 Å². The van der Waals surface area contributed by atoms with Gasteiger partial charge in [-0.2, -0.15) is 0 Å². The lowest BCUT2D eigenvalue weighted by Gasteiger charge is -2.21. The highest BCUT2D eigenvalue weighted by Crippen LogP contribution is 2.45. The Kier molecular flexibility index (Phi) is 76.2. The Labute approximate surface area is 649 Å². The molecule has 0 heterocycles. The summed E-state index contributed by atoms with van der Waals surface area (Å²) in [4.78, 5) is 58.8. The van der Waals surface area contributed by atoms with Gasteiger partial charge in [-0.3, -0.25) is 32.5 Å². The Hall–Kier alpha value is -5.35. The third-order valence-electron chi connectivity index (χ3n) is 16.6. The topological polar surface area (TPSA) is 231 Å². The summed E-state index contributed by atoms with van der Waals surface area (Å²) in [6.07, 6.45) is 104. The average molecular weight is 1530 g/mol. The van der Waals surface area contributed by atoms with Crippen molar-refractivity contribution in [1.82, 2.24) is 0 Å². The van der Waals surface area contributed by atoms with Crippen molar-refractivity contribution < 1.29 is 75.8 Å². The Balaban J connectivity index is 4.74. The molecular formula is C89H146O16P2. The highest BCUT2D eigenvalue weighted by Gasteiger charge is 2.29. The lowest BCUT2D eigenvalue weighted by molar-refractivity contribution is -0.161. The zero-order valence-electron chi connectivity index (χ0n) is 66.5. The maximum absolute atomic E-state index is 13.0. The second-order valence-electron chi connectivity index (χ2n) is 26.8. The van der Waals surface area contributed by atoms with Gasteiger partial charge < -0.3 is 34.2 Å². The van der Waals surface area contributed by atoms with Gasteiger partial charge in [-0.05, 0) is 161 Å². The van der Waals surface area contributed by atoms with Crippen LogP contribution in [0.3, 0.4) is 0 Å². The van der Waals surface area contributed by atoms with Gasteiger partial charge in [-0.25, -0.2) is 9.13 Å². The number of esters is 3. The standard InChI is InChI=1S/C89H146O16P2/c1-4-7-10-13-16-19-22-25-28-31-34-37-39-41-43-46-48-51-54-57-60-63-66-69-72-75-87(92)99-78-84(90)79-101-106(95,96)102-80-85(91)81-103-107(97,98)104-83-86(105-89(94)77-74-71-68-65-62-59-56-53-50-45-36-33-30-27-24-21-18-15-12-9-6-3)82-100-88(93)76-73-70-67-64-61-58-55-52-49-47-44-42-40-38-35-32-29-26-23-20-17-14-11-8-5-2/h7,9-10,12,16-21,25-30,34-38,41-45,53,56,62,65,84-86,90-91H,4-6,8,11,13-15,22-24,31-33,39-40,46-52,54-55,57-61,63-64,66-83H2,1-3H3,(H,95,96)(H,97,98)/b10-7-,12-9-,19-16-,20-17-,21-18-,28-25-,29-26-,30-27-,37-34-,38-35-,43-41-,44-42-,45-36-,56-53-,65-62-. The molecule has 107 heavy (non-hydrogen) atoms. The number of phosphoric acid groups is 2. The highest BCUT2D eigenvalue weighted by atomic mass is 31.2. The van der Waals surface area contributed by atoms with Crippen LogP contribution in [0, 0.1) is 0 Å². The second-order valence-corrected chi connectivity index (χ2v) is 29.7. The third-order valence-corrected chi connectivity index (χ3v) is 18.5. The lowest BCUT2D eigenvalue weighted by Crippen LogP contribution is -2.30. The highest BCUT2D eigenvalue weighted by molar-refractivity contribution is 7.47. The van der Waals surface area contributed by atoms with Crippen LogP contribution in [0.1, 0.15) is 303 Å². The normalized spacial score (nSPS) is 14.9. The van der Waals surface area contributed by atoms with Crippen molar-refractivity contribution in [2.24, 2.45) is 0 Å². The molecule has 0 saturated heterocycles. The summed E-state index contributed by atoms with van der Waals surface area (Å²) in [5.41, 5.74) is 0. The minimum absolute atomic E-state index is 0.0412. The summed E-state index contributed by atoms with van der Waals surface area (Å²) in [5.74, 6) is -1.65. The van der Waals surface area contributed by atoms with Crippen LogP contribution in [0.4, 0.5) is 0 Å². The summed E-state index contributed by atoms with van der Waals surface area (Å²) < 4.78 is 61.2. The molecule has 4 N–H and O–H groups in total. The SMILES string of the molecule is CC/C=C\C/C=C\C/C=C\C/C=C\C/C=C\C/C=C\CCCCC(=O)OC(COC(=O)CCCCCCCCCCC/C=C\C/C=C\C/C=C\C/C=C\CCCCC)COP(=O)(O)OCC(O)COP(=O)(O)OCC(O)COC(=O)CCCCCCCCCCC/C=C\C/C=C\C/C=C\C/C=C\C/C=C\CC. The van der Waals surface area contributed by atoms with E-state index in [0.29, 0.717) is 25.7 Å². The molecule has 0 amide bonds. The number of aliphatic hydroxyl groups excluding tert-OH is 2. The Morgan fingerprint density at radius 3 is 0.804 bits per heavy atom. The van der Waals surface area contributed by atoms with Crippen LogP contribution in [0.2, 0.25) is 0 Å². The van der Waals surface area contributed by atoms with Crippen molar-refractivity contribution in [3.05, 3.63) is 182 Å². The minimum atomic E-state index is -4.96. The van der Waals surface area contributed by atoms with E-state index in [2.05, 4.69) is 203 Å². The molecule has 0 aromatic rings. The number of allylic oxidation sites excluding steroid dienone is 30. The van der Waals surface area contributed by atoms with Gasteiger partial charge in [-0.15, -0.1) is 0 Å². The van der Waals surface area contributed by atoms with E-state index in [0.717, 1.165) is 161 Å². The number of aliphatic hydroxyl groups is 2. The largest absolute Gasteiger partial charge is 0.472 e. The molecule has 0 bridgehead atoms. The van der Waals surface area contributed by atoms with Crippen LogP contribution < -0.4 is 0 Å². The number of carbonyl (C=O) groups excluding carboxylic acids is 3. The molecule has 0 aliphatic heterocycles. The van der Waals surface area contributed by atoms with Crippen molar-refractivity contribution in [2.75, 3.05) is 39.6 Å². The van der Waals surface area contributed by atoms with Crippen molar-refractivity contribution in [3.8, 4) is 0 Å². The molecule has 0 aromatic heterocycles. The van der Waals surface area contributed by atoms with Crippen LogP contribution >= 0.6 is 15.6 Å². The first-order valence-corrected chi connectivity index (χ1v) is 44.1. The molecule has 5 atom stereocenters. The molecule has 0 aliphatic carbocycles. The van der Waals surface area contributed by atoms with Gasteiger partial charge in [0.1, 0.15) is 25.4 Å². The molecule has 5 unspecified atom stereocenters. The number of carbonyl (C=O) groups is 3. The third kappa shape index (κ3) is 81.5. The van der Waals surface area contributed by atoms with E-state index in [4.69, 9.17) is 32.3 Å². The fraction of sp³-hybridized carbons (Fsp3) is 0.629. The molecule has 0 fully saturated rings. The van der Waals surface area contributed by atoms with E-state index >= 15 is 0 Å². The average Bonchev–Trinajstić information content (AvgIpc) is 0.989. The van der Waals surface area contributed by atoms with Gasteiger partial charge in [0, 0.05) is 19.3 Å². The van der Waals surface area contributed by atoms with Gasteiger partial charge >= 0.3 is 33.6 Å². The first kappa shape index (κ1) is 102. The van der Waals surface area contributed by atoms with Gasteiger partial charge in [0.2, 0.25) is 0 Å². The van der Waals surface area contributed by atoms with E-state index in [9.17, 15) is 43.5 Å². The van der Waals surface area contributed by atoms with Crippen molar-refractivity contribution in [2.45, 2.75) is 322 Å². The van der Waals surface area contributed by atoms with Gasteiger partial charge in [0.25, 0.3) is 0 Å². The molecule has 0 spiro atoms. The molecular weight excluding hydrogens is 1390 g/mol. The van der Waals surface area contributed by atoms with E-state index in [1.807, 2.05) is 0 Å². The monoisotopic (exact) mass is 1530 g/mol. The molecule has 16 nitrogen and oxygen atoms in total. The van der Waals surface area contributed by atoms with Crippen LogP contribution in [0.5, 0.6) is 0 Å². The van der Waals surface area contributed by atoms with Crippen molar-refractivity contribution in [3.63, 3.8) is 0 Å². The number of hydrogen-bond acceptors (Lipinski definition) is 14. The first-order valence-electron chi connectivity index (χ1n) is 41.1. The van der Waals surface area contributed by atoms with E-state index in [1.165, 1.54) is 77.0 Å². The number of hydrogen-bond donors (Lipinski definition) is 4. The minimum Gasteiger partial charge on any atom is -0.463 e. The Morgan fingerprint density at radius 1 is 0.271 bits per heavy atom. The molecule has 608 valence electrons. The predicted molar refractivity (Wildman–Crippen MR) is 445 cm³/mol. The summed E-state index contributed by atoms with van der Waals surface area (Å²) in [7, 11) is -9.83. The maximum Gasteiger partial charge on any atom is 0.472 e. The predicted octanol–water partition coefficient (Wildman–Crippen LogP) is 24.5. The number of phosphoric ester groups is 2. The maximum atomic E-state index is 13.0. The lowest BCUT2D eigenvalue weighted by atomic mass is 10.1. The van der Waals surface area contributed by atoms with Crippen molar-refractivity contribution in [1.29, 1.82) is 0 Å². The fourth-order valence-corrected chi connectivity index (χ4v) is 12.0. The van der Waals surface area contributed by atoms with Gasteiger partial charge in [-0.1, -0.05) is 306 Å². The Bertz CT molecular complexity index is 2670. The van der Waals surface area contributed by atoms with Crippen LogP contribution in [-0.4, -0.2) is 95.9 Å². The fourth-order valence-electron chi connectivity index (χ4n) is 10.4.